The van der Waals surface area contributed by atoms with Gasteiger partial charge in [-0.1, -0.05) is 46.9 Å². The number of thioether (sulfide) groups is 1. The van der Waals surface area contributed by atoms with Gasteiger partial charge in [-0.05, 0) is 30.8 Å². The maximum atomic E-state index is 11.5. The number of nitrogens with one attached hydrogen (secondary N) is 1. The normalized spacial score (nSPS) is 13.1. The SMILES string of the molecule is CCOC(=O)N[C@H](Sc1nc2ccccc2o1)C(Cl)(Cl)Cl. The standard InChI is InChI=1S/C12H11Cl3N2O3S/c1-2-19-10(18)17-9(12(13,14)15)21-11-16-7-5-3-4-6-8(7)20-11/h3-6,9H,2H2,1H3,(H,17,18)/t9-/m1/s1. The van der Waals surface area contributed by atoms with Gasteiger partial charge in [0.25, 0.3) is 5.22 Å². The molecule has 114 valence electrons. The van der Waals surface area contributed by atoms with Crippen LogP contribution in [0.5, 0.6) is 0 Å². The Morgan fingerprint density at radius 2 is 2.19 bits per heavy atom. The molecule has 0 aliphatic rings. The fourth-order valence-corrected chi connectivity index (χ4v) is 2.80. The monoisotopic (exact) mass is 368 g/mol. The number of rotatable bonds is 4. The molecule has 2 aromatic rings. The van der Waals surface area contributed by atoms with E-state index in [0.29, 0.717) is 11.1 Å². The number of fused-ring (bicyclic) bond motifs is 1. The van der Waals surface area contributed by atoms with Gasteiger partial charge in [0.15, 0.2) is 5.58 Å². The fraction of sp³-hybridized carbons (Fsp3) is 0.333. The smallest absolute Gasteiger partial charge is 0.408 e. The van der Waals surface area contributed by atoms with Crippen LogP contribution in [-0.2, 0) is 4.74 Å². The number of para-hydroxylation sites is 2. The summed E-state index contributed by atoms with van der Waals surface area (Å²) < 4.78 is 8.54. The molecular weight excluding hydrogens is 359 g/mol. The lowest BCUT2D eigenvalue weighted by Gasteiger charge is -2.22. The van der Waals surface area contributed by atoms with E-state index < -0.39 is 15.3 Å². The second kappa shape index (κ2) is 6.96. The first kappa shape index (κ1) is 16.5. The van der Waals surface area contributed by atoms with Crippen molar-refractivity contribution in [2.45, 2.75) is 21.3 Å². The third-order valence-corrected chi connectivity index (χ3v) is 4.44. The number of nitrogens with zero attached hydrogens (tertiary/aromatic N) is 1. The minimum Gasteiger partial charge on any atom is -0.450 e. The van der Waals surface area contributed by atoms with E-state index in [-0.39, 0.29) is 11.8 Å². The Morgan fingerprint density at radius 1 is 1.48 bits per heavy atom. The van der Waals surface area contributed by atoms with Gasteiger partial charge in [-0.15, -0.1) is 0 Å². The van der Waals surface area contributed by atoms with E-state index in [1.165, 1.54) is 0 Å². The molecule has 0 spiro atoms. The Balaban J connectivity index is 2.16. The molecule has 21 heavy (non-hydrogen) atoms. The highest BCUT2D eigenvalue weighted by Gasteiger charge is 2.36. The van der Waals surface area contributed by atoms with Crippen LogP contribution in [0.3, 0.4) is 0 Å². The van der Waals surface area contributed by atoms with Crippen molar-refractivity contribution in [2.24, 2.45) is 0 Å². The lowest BCUT2D eigenvalue weighted by atomic mass is 10.3. The van der Waals surface area contributed by atoms with Crippen molar-refractivity contribution >= 4 is 63.8 Å². The number of alkyl halides is 3. The topological polar surface area (TPSA) is 64.4 Å². The summed E-state index contributed by atoms with van der Waals surface area (Å²) in [5, 5.41) is 1.83. The van der Waals surface area contributed by atoms with Crippen LogP contribution in [-0.4, -0.2) is 26.9 Å². The Morgan fingerprint density at radius 3 is 2.81 bits per heavy atom. The summed E-state index contributed by atoms with van der Waals surface area (Å²) >= 11 is 18.6. The molecule has 1 aromatic heterocycles. The molecule has 0 saturated carbocycles. The lowest BCUT2D eigenvalue weighted by molar-refractivity contribution is 0.151. The van der Waals surface area contributed by atoms with Gasteiger partial charge in [-0.25, -0.2) is 9.78 Å². The number of halogens is 3. The summed E-state index contributed by atoms with van der Waals surface area (Å²) in [7, 11) is 0. The number of carbonyl (C=O) groups excluding carboxylic acids is 1. The highest BCUT2D eigenvalue weighted by atomic mass is 35.6. The number of ether oxygens (including phenoxy) is 1. The van der Waals surface area contributed by atoms with Crippen molar-refractivity contribution in [3.05, 3.63) is 24.3 Å². The van der Waals surface area contributed by atoms with Gasteiger partial charge in [0.05, 0.1) is 6.61 Å². The molecule has 2 rings (SSSR count). The van der Waals surface area contributed by atoms with Gasteiger partial charge in [-0.3, -0.25) is 0 Å². The summed E-state index contributed by atoms with van der Waals surface area (Å²) in [4.78, 5) is 15.7. The molecule has 1 aromatic carbocycles. The van der Waals surface area contributed by atoms with Crippen molar-refractivity contribution < 1.29 is 13.9 Å². The van der Waals surface area contributed by atoms with Gasteiger partial charge < -0.3 is 14.5 Å². The fourth-order valence-electron chi connectivity index (χ4n) is 1.46. The number of aromatic nitrogens is 1. The largest absolute Gasteiger partial charge is 0.450 e. The van der Waals surface area contributed by atoms with Crippen LogP contribution >= 0.6 is 46.6 Å². The Labute approximate surface area is 140 Å². The number of oxazole rings is 1. The summed E-state index contributed by atoms with van der Waals surface area (Å²) in [5.74, 6) is 0. The molecule has 5 nitrogen and oxygen atoms in total. The average molecular weight is 370 g/mol. The van der Waals surface area contributed by atoms with Gasteiger partial charge in [-0.2, -0.15) is 0 Å². The van der Waals surface area contributed by atoms with Crippen LogP contribution in [0.1, 0.15) is 6.92 Å². The van der Waals surface area contributed by atoms with Crippen LogP contribution in [0.2, 0.25) is 0 Å². The number of hydrogen-bond acceptors (Lipinski definition) is 5. The Bertz CT molecular complexity index is 596. The van der Waals surface area contributed by atoms with Crippen LogP contribution in [0, 0.1) is 0 Å². The first-order valence-corrected chi connectivity index (χ1v) is 7.93. The molecule has 0 fully saturated rings. The number of hydrogen-bond donors (Lipinski definition) is 1. The number of alkyl carbamates (subject to hydrolysis) is 1. The molecule has 0 aliphatic heterocycles. The molecular formula is C12H11Cl3N2O3S. The summed E-state index contributed by atoms with van der Waals surface area (Å²) in [6.45, 7) is 1.89. The zero-order valence-electron chi connectivity index (χ0n) is 10.8. The van der Waals surface area contributed by atoms with E-state index >= 15 is 0 Å². The van der Waals surface area contributed by atoms with Gasteiger partial charge in [0, 0.05) is 0 Å². The molecule has 1 amide bonds. The maximum Gasteiger partial charge on any atom is 0.408 e. The number of amides is 1. The third-order valence-electron chi connectivity index (χ3n) is 2.31. The second-order valence-electron chi connectivity index (χ2n) is 3.85. The van der Waals surface area contributed by atoms with Gasteiger partial charge >= 0.3 is 6.09 Å². The van der Waals surface area contributed by atoms with Crippen molar-refractivity contribution in [3.8, 4) is 0 Å². The highest BCUT2D eigenvalue weighted by molar-refractivity contribution is 8.00. The van der Waals surface area contributed by atoms with E-state index in [4.69, 9.17) is 44.0 Å². The molecule has 9 heteroatoms. The van der Waals surface area contributed by atoms with E-state index in [1.807, 2.05) is 12.1 Å². The van der Waals surface area contributed by atoms with E-state index in [9.17, 15) is 4.79 Å². The van der Waals surface area contributed by atoms with Crippen molar-refractivity contribution in [3.63, 3.8) is 0 Å². The van der Waals surface area contributed by atoms with Crippen LogP contribution in [0.15, 0.2) is 33.9 Å². The molecule has 0 saturated heterocycles. The molecule has 1 heterocycles. The molecule has 0 aliphatic carbocycles. The van der Waals surface area contributed by atoms with Gasteiger partial charge in [0.1, 0.15) is 10.9 Å². The lowest BCUT2D eigenvalue weighted by Crippen LogP contribution is -2.41. The summed E-state index contributed by atoms with van der Waals surface area (Å²) in [6.07, 6.45) is -0.683. The zero-order valence-corrected chi connectivity index (χ0v) is 13.9. The molecule has 0 unspecified atom stereocenters. The molecule has 1 atom stereocenters. The minimum atomic E-state index is -1.75. The average Bonchev–Trinajstić information content (AvgIpc) is 2.79. The Kier molecular flexibility index (Phi) is 5.48. The summed E-state index contributed by atoms with van der Waals surface area (Å²) in [6, 6.07) is 7.23. The van der Waals surface area contributed by atoms with Crippen LogP contribution in [0.25, 0.3) is 11.1 Å². The second-order valence-corrected chi connectivity index (χ2v) is 7.28. The third kappa shape index (κ3) is 4.57. The predicted octanol–water partition coefficient (Wildman–Crippen LogP) is 4.36. The molecule has 0 radical (unpaired) electrons. The van der Waals surface area contributed by atoms with E-state index in [1.54, 1.807) is 19.1 Å². The van der Waals surface area contributed by atoms with Crippen molar-refractivity contribution in [2.75, 3.05) is 6.61 Å². The molecule has 1 N–H and O–H groups in total. The van der Waals surface area contributed by atoms with E-state index in [2.05, 4.69) is 10.3 Å². The summed E-state index contributed by atoms with van der Waals surface area (Å²) in [5.41, 5.74) is 1.29. The quantitative estimate of drug-likeness (QED) is 0.493. The van der Waals surface area contributed by atoms with Crippen molar-refractivity contribution in [1.29, 1.82) is 0 Å². The number of carbonyl (C=O) groups is 1. The number of benzene rings is 1. The first-order chi connectivity index (χ1) is 9.90. The van der Waals surface area contributed by atoms with Crippen LogP contribution < -0.4 is 5.32 Å². The first-order valence-electron chi connectivity index (χ1n) is 5.92. The predicted molar refractivity (Wildman–Crippen MR) is 84.1 cm³/mol. The highest BCUT2D eigenvalue weighted by Crippen LogP contribution is 2.39. The van der Waals surface area contributed by atoms with Crippen LogP contribution in [0.4, 0.5) is 4.79 Å². The zero-order chi connectivity index (χ0) is 15.5. The van der Waals surface area contributed by atoms with E-state index in [0.717, 1.165) is 11.8 Å². The minimum absolute atomic E-state index is 0.214. The van der Waals surface area contributed by atoms with Crippen molar-refractivity contribution in [1.82, 2.24) is 10.3 Å². The maximum absolute atomic E-state index is 11.5. The molecule has 0 bridgehead atoms. The Hall–Kier alpha value is -0.820. The van der Waals surface area contributed by atoms with Gasteiger partial charge in [0.2, 0.25) is 3.79 Å².